The van der Waals surface area contributed by atoms with Crippen LogP contribution in [0.3, 0.4) is 0 Å². The SMILES string of the molecule is CCO[Si](CCCNC(=O)COCCOCCOCCOCCOCCOC)(OCC)OCC. The molecule has 0 bridgehead atoms. The van der Waals surface area contributed by atoms with Crippen molar-refractivity contribution in [1.82, 2.24) is 5.32 Å². The van der Waals surface area contributed by atoms with Crippen LogP contribution in [-0.2, 0) is 46.5 Å². The second-order valence-electron chi connectivity index (χ2n) is 6.93. The van der Waals surface area contributed by atoms with Crippen LogP contribution in [0.25, 0.3) is 0 Å². The number of rotatable bonds is 27. The largest absolute Gasteiger partial charge is 0.500 e. The lowest BCUT2D eigenvalue weighted by Crippen LogP contribution is -2.46. The first-order valence-corrected chi connectivity index (χ1v) is 14.1. The summed E-state index contributed by atoms with van der Waals surface area (Å²) >= 11 is 0. The molecule has 11 nitrogen and oxygen atoms in total. The van der Waals surface area contributed by atoms with Crippen molar-refractivity contribution >= 4 is 14.7 Å². The fraction of sp³-hybridized carbons (Fsp3) is 0.955. The van der Waals surface area contributed by atoms with Crippen LogP contribution in [0.4, 0.5) is 0 Å². The van der Waals surface area contributed by atoms with Gasteiger partial charge in [0.2, 0.25) is 5.91 Å². The first-order chi connectivity index (χ1) is 16.6. The minimum atomic E-state index is -2.66. The van der Waals surface area contributed by atoms with E-state index in [1.807, 2.05) is 20.8 Å². The summed E-state index contributed by atoms with van der Waals surface area (Å²) in [7, 11) is -1.02. The van der Waals surface area contributed by atoms with E-state index in [0.717, 1.165) is 0 Å². The Hall–Kier alpha value is -0.673. The van der Waals surface area contributed by atoms with Crippen LogP contribution in [0.5, 0.6) is 0 Å². The third kappa shape index (κ3) is 20.7. The van der Waals surface area contributed by atoms with E-state index in [0.29, 0.717) is 105 Å². The molecule has 1 amide bonds. The minimum Gasteiger partial charge on any atom is -0.382 e. The highest BCUT2D eigenvalue weighted by Gasteiger charge is 2.39. The normalized spacial score (nSPS) is 11.8. The van der Waals surface area contributed by atoms with Crippen molar-refractivity contribution in [2.45, 2.75) is 33.2 Å². The molecule has 0 aromatic heterocycles. The molecule has 0 radical (unpaired) electrons. The van der Waals surface area contributed by atoms with Gasteiger partial charge in [0.1, 0.15) is 6.61 Å². The lowest BCUT2D eigenvalue weighted by molar-refractivity contribution is -0.126. The Morgan fingerprint density at radius 2 is 1.06 bits per heavy atom. The smallest absolute Gasteiger partial charge is 0.382 e. The van der Waals surface area contributed by atoms with Gasteiger partial charge in [-0.25, -0.2) is 0 Å². The van der Waals surface area contributed by atoms with E-state index in [4.69, 9.17) is 41.7 Å². The molecule has 0 unspecified atom stereocenters. The molecular weight excluding hydrogens is 466 g/mol. The lowest BCUT2D eigenvalue weighted by atomic mass is 10.4. The Labute approximate surface area is 206 Å². The molecule has 0 aliphatic carbocycles. The van der Waals surface area contributed by atoms with Gasteiger partial charge in [0.05, 0.1) is 66.1 Å². The predicted molar refractivity (Wildman–Crippen MR) is 129 cm³/mol. The van der Waals surface area contributed by atoms with E-state index < -0.39 is 8.80 Å². The Bertz CT molecular complexity index is 431. The van der Waals surface area contributed by atoms with E-state index in [9.17, 15) is 4.79 Å². The predicted octanol–water partition coefficient (Wildman–Crippen LogP) is 1.27. The second kappa shape index (κ2) is 25.4. The first kappa shape index (κ1) is 33.3. The highest BCUT2D eigenvalue weighted by molar-refractivity contribution is 6.60. The molecule has 0 atom stereocenters. The molecular formula is C22H47NO10Si. The Morgan fingerprint density at radius 3 is 1.47 bits per heavy atom. The van der Waals surface area contributed by atoms with Gasteiger partial charge in [-0.3, -0.25) is 4.79 Å². The van der Waals surface area contributed by atoms with Gasteiger partial charge in [0, 0.05) is 39.5 Å². The molecule has 0 spiro atoms. The number of nitrogens with one attached hydrogen (secondary N) is 1. The average Bonchev–Trinajstić information content (AvgIpc) is 2.82. The van der Waals surface area contributed by atoms with E-state index in [2.05, 4.69) is 5.32 Å². The van der Waals surface area contributed by atoms with E-state index in [-0.39, 0.29) is 12.5 Å². The number of carbonyl (C=O) groups excluding carboxylic acids is 1. The number of carbonyl (C=O) groups is 1. The van der Waals surface area contributed by atoms with Crippen LogP contribution in [0.1, 0.15) is 27.2 Å². The third-order valence-corrected chi connectivity index (χ3v) is 7.38. The quantitative estimate of drug-likeness (QED) is 0.127. The van der Waals surface area contributed by atoms with Crippen LogP contribution in [-0.4, -0.2) is 121 Å². The summed E-state index contributed by atoms with van der Waals surface area (Å²) in [6.07, 6.45) is 0.717. The maximum atomic E-state index is 11.9. The number of ether oxygens (including phenoxy) is 6. The Kier molecular flexibility index (Phi) is 24.9. The van der Waals surface area contributed by atoms with Gasteiger partial charge in [-0.1, -0.05) is 0 Å². The van der Waals surface area contributed by atoms with Crippen LogP contribution >= 0.6 is 0 Å². The van der Waals surface area contributed by atoms with Gasteiger partial charge in [0.25, 0.3) is 0 Å². The van der Waals surface area contributed by atoms with Crippen molar-refractivity contribution in [2.24, 2.45) is 0 Å². The molecule has 0 aliphatic rings. The number of hydrogen-bond acceptors (Lipinski definition) is 10. The molecule has 0 aromatic carbocycles. The lowest BCUT2D eigenvalue weighted by Gasteiger charge is -2.28. The van der Waals surface area contributed by atoms with E-state index in [1.165, 1.54) is 0 Å². The van der Waals surface area contributed by atoms with Crippen molar-refractivity contribution in [3.63, 3.8) is 0 Å². The van der Waals surface area contributed by atoms with Crippen LogP contribution in [0.2, 0.25) is 6.04 Å². The Morgan fingerprint density at radius 1 is 0.647 bits per heavy atom. The summed E-state index contributed by atoms with van der Waals surface area (Å²) < 4.78 is 49.1. The summed E-state index contributed by atoms with van der Waals surface area (Å²) in [5.41, 5.74) is 0. The Balaban J connectivity index is 3.51. The van der Waals surface area contributed by atoms with Gasteiger partial charge >= 0.3 is 8.80 Å². The summed E-state index contributed by atoms with van der Waals surface area (Å²) in [4.78, 5) is 11.9. The number of amides is 1. The molecule has 0 saturated carbocycles. The zero-order valence-electron chi connectivity index (χ0n) is 21.6. The van der Waals surface area contributed by atoms with E-state index in [1.54, 1.807) is 7.11 Å². The molecule has 12 heteroatoms. The van der Waals surface area contributed by atoms with Crippen molar-refractivity contribution in [1.29, 1.82) is 0 Å². The molecule has 0 saturated heterocycles. The summed E-state index contributed by atoms with van der Waals surface area (Å²) in [5, 5.41) is 2.84. The fourth-order valence-corrected chi connectivity index (χ4v) is 5.38. The van der Waals surface area contributed by atoms with Gasteiger partial charge in [0.15, 0.2) is 0 Å². The number of methoxy groups -OCH3 is 1. The summed E-state index contributed by atoms with van der Waals surface area (Å²) in [6, 6.07) is 0.662. The van der Waals surface area contributed by atoms with Crippen LogP contribution < -0.4 is 5.32 Å². The molecule has 1 N–H and O–H groups in total. The molecule has 0 fully saturated rings. The maximum Gasteiger partial charge on any atom is 0.500 e. The second-order valence-corrected chi connectivity index (χ2v) is 9.66. The van der Waals surface area contributed by atoms with Gasteiger partial charge < -0.3 is 47.0 Å². The molecule has 0 aromatic rings. The summed E-state index contributed by atoms with van der Waals surface area (Å²) in [5.74, 6) is -0.163. The van der Waals surface area contributed by atoms with Crippen molar-refractivity contribution < 1.29 is 46.5 Å². The summed E-state index contributed by atoms with van der Waals surface area (Å²) in [6.45, 7) is 12.8. The maximum absolute atomic E-state index is 11.9. The van der Waals surface area contributed by atoms with Gasteiger partial charge in [-0.2, -0.15) is 0 Å². The van der Waals surface area contributed by atoms with Gasteiger partial charge in [-0.15, -0.1) is 0 Å². The van der Waals surface area contributed by atoms with E-state index >= 15 is 0 Å². The minimum absolute atomic E-state index is 0.00265. The topological polar surface area (TPSA) is 112 Å². The fourth-order valence-electron chi connectivity index (χ4n) is 2.77. The van der Waals surface area contributed by atoms with Crippen LogP contribution in [0, 0.1) is 0 Å². The highest BCUT2D eigenvalue weighted by Crippen LogP contribution is 2.17. The molecule has 0 aliphatic heterocycles. The monoisotopic (exact) mass is 513 g/mol. The van der Waals surface area contributed by atoms with Crippen molar-refractivity contribution in [2.75, 3.05) is 106 Å². The van der Waals surface area contributed by atoms with Crippen molar-refractivity contribution in [3.05, 3.63) is 0 Å². The highest BCUT2D eigenvalue weighted by atomic mass is 28.4. The van der Waals surface area contributed by atoms with Gasteiger partial charge in [-0.05, 0) is 27.2 Å². The van der Waals surface area contributed by atoms with Crippen molar-refractivity contribution in [3.8, 4) is 0 Å². The average molecular weight is 514 g/mol. The molecule has 34 heavy (non-hydrogen) atoms. The van der Waals surface area contributed by atoms with Crippen LogP contribution in [0.15, 0.2) is 0 Å². The molecule has 0 heterocycles. The zero-order valence-corrected chi connectivity index (χ0v) is 22.6. The molecule has 204 valence electrons. The standard InChI is InChI=1S/C22H47NO10Si/c1-5-31-34(32-6-2,33-7-3)20-8-9-23-22(24)21-30-19-18-29-17-16-28-15-14-27-13-12-26-11-10-25-4/h5-21H2,1-4H3,(H,23,24). The zero-order chi connectivity index (χ0) is 25.2. The number of hydrogen-bond donors (Lipinski definition) is 1. The third-order valence-electron chi connectivity index (χ3n) is 4.23. The first-order valence-electron chi connectivity index (χ1n) is 12.2. The molecule has 0 rings (SSSR count).